The van der Waals surface area contributed by atoms with Crippen molar-refractivity contribution in [2.45, 2.75) is 37.4 Å². The third-order valence-corrected chi connectivity index (χ3v) is 4.70. The first kappa shape index (κ1) is 19.7. The van der Waals surface area contributed by atoms with Crippen LogP contribution in [0.25, 0.3) is 11.5 Å². The van der Waals surface area contributed by atoms with E-state index in [2.05, 4.69) is 9.97 Å². The van der Waals surface area contributed by atoms with Gasteiger partial charge in [-0.15, -0.1) is 0 Å². The molecule has 3 rings (SSSR count). The second-order valence-corrected chi connectivity index (χ2v) is 7.18. The van der Waals surface area contributed by atoms with E-state index < -0.39 is 11.9 Å². The van der Waals surface area contributed by atoms with Crippen molar-refractivity contribution >= 4 is 17.7 Å². The minimum absolute atomic E-state index is 0.0193. The molecule has 0 N–H and O–H groups in total. The zero-order valence-corrected chi connectivity index (χ0v) is 15.5. The van der Waals surface area contributed by atoms with Gasteiger partial charge in [0.05, 0.1) is 24.2 Å². The van der Waals surface area contributed by atoms with Crippen LogP contribution in [0.1, 0.15) is 19.5 Å². The lowest BCUT2D eigenvalue weighted by molar-refractivity contribution is -0.141. The molecule has 0 spiro atoms. The second kappa shape index (κ2) is 7.89. The quantitative estimate of drug-likeness (QED) is 0.577. The van der Waals surface area contributed by atoms with Crippen LogP contribution in [0.4, 0.5) is 13.2 Å². The Morgan fingerprint density at radius 3 is 2.59 bits per heavy atom. The highest BCUT2D eigenvalue weighted by Crippen LogP contribution is 2.32. The summed E-state index contributed by atoms with van der Waals surface area (Å²) in [7, 11) is 0. The summed E-state index contributed by atoms with van der Waals surface area (Å²) >= 11 is 0.870. The smallest absolute Gasteiger partial charge is 0.433 e. The zero-order valence-electron chi connectivity index (χ0n) is 14.7. The van der Waals surface area contributed by atoms with Gasteiger partial charge >= 0.3 is 6.18 Å². The highest BCUT2D eigenvalue weighted by atomic mass is 32.2. The fourth-order valence-corrected chi connectivity index (χ4v) is 3.55. The number of thioether (sulfide) groups is 1. The van der Waals surface area contributed by atoms with Gasteiger partial charge < -0.3 is 14.1 Å². The van der Waals surface area contributed by atoms with E-state index in [4.69, 9.17) is 9.15 Å². The van der Waals surface area contributed by atoms with E-state index in [0.29, 0.717) is 13.1 Å². The number of ether oxygens (including phenoxy) is 1. The van der Waals surface area contributed by atoms with Gasteiger partial charge in [0.25, 0.3) is 0 Å². The average molecular weight is 401 g/mol. The molecule has 146 valence electrons. The Hall–Kier alpha value is -2.07. The van der Waals surface area contributed by atoms with Gasteiger partial charge in [0.1, 0.15) is 11.4 Å². The summed E-state index contributed by atoms with van der Waals surface area (Å²) < 4.78 is 50.1. The van der Waals surface area contributed by atoms with Crippen molar-refractivity contribution in [1.82, 2.24) is 14.9 Å². The summed E-state index contributed by atoms with van der Waals surface area (Å²) in [6, 6.07) is 3.90. The number of rotatable bonds is 4. The Balaban J connectivity index is 1.76. The van der Waals surface area contributed by atoms with Crippen molar-refractivity contribution in [2.75, 3.05) is 18.8 Å². The molecule has 3 heterocycles. The Morgan fingerprint density at radius 1 is 1.30 bits per heavy atom. The van der Waals surface area contributed by atoms with Crippen LogP contribution in [0.15, 0.2) is 34.0 Å². The largest absolute Gasteiger partial charge is 0.463 e. The maximum Gasteiger partial charge on any atom is 0.433 e. The number of furan rings is 1. The number of amides is 1. The van der Waals surface area contributed by atoms with Crippen LogP contribution in [0.5, 0.6) is 0 Å². The van der Waals surface area contributed by atoms with Crippen LogP contribution in [-0.4, -0.2) is 51.8 Å². The molecule has 1 saturated heterocycles. The summed E-state index contributed by atoms with van der Waals surface area (Å²) in [5.74, 6) is -0.0484. The third kappa shape index (κ3) is 5.01. The van der Waals surface area contributed by atoms with Gasteiger partial charge in [0.2, 0.25) is 5.91 Å². The summed E-state index contributed by atoms with van der Waals surface area (Å²) in [5.41, 5.74) is -1.06. The number of carbonyl (C=O) groups excluding carboxylic acids is 1. The van der Waals surface area contributed by atoms with Gasteiger partial charge in [-0.1, -0.05) is 11.8 Å². The molecule has 0 bridgehead atoms. The number of hydrogen-bond donors (Lipinski definition) is 0. The Morgan fingerprint density at radius 2 is 2.00 bits per heavy atom. The molecule has 0 radical (unpaired) electrons. The maximum absolute atomic E-state index is 13.1. The molecule has 0 saturated carbocycles. The number of aromatic nitrogens is 2. The van der Waals surface area contributed by atoms with Crippen LogP contribution in [0.2, 0.25) is 0 Å². The Bertz CT molecular complexity index is 788. The molecule has 1 fully saturated rings. The zero-order chi connectivity index (χ0) is 19.6. The van der Waals surface area contributed by atoms with E-state index in [-0.39, 0.29) is 40.5 Å². The number of morpholine rings is 1. The number of alkyl halides is 3. The fraction of sp³-hybridized carbons (Fsp3) is 0.471. The first-order chi connectivity index (χ1) is 12.7. The lowest BCUT2D eigenvalue weighted by atomic mass is 10.2. The number of hydrogen-bond acceptors (Lipinski definition) is 6. The molecule has 10 heteroatoms. The molecule has 2 aromatic rings. The minimum Gasteiger partial charge on any atom is -0.463 e. The van der Waals surface area contributed by atoms with Crippen molar-refractivity contribution in [3.8, 4) is 11.5 Å². The average Bonchev–Trinajstić information content (AvgIpc) is 3.12. The third-order valence-electron chi connectivity index (χ3n) is 3.87. The van der Waals surface area contributed by atoms with Crippen LogP contribution in [0.3, 0.4) is 0 Å². The molecule has 1 aliphatic heterocycles. The minimum atomic E-state index is -4.63. The first-order valence-corrected chi connectivity index (χ1v) is 9.27. The molecule has 27 heavy (non-hydrogen) atoms. The van der Waals surface area contributed by atoms with Crippen LogP contribution in [0, 0.1) is 0 Å². The van der Waals surface area contributed by atoms with E-state index in [1.807, 2.05) is 13.8 Å². The molecule has 2 atom stereocenters. The standard InChI is InChI=1S/C17H18F3N3O3S/c1-10-7-23(8-11(2)26-10)15(24)9-27-16-21-12(13-4-3-5-25-13)6-14(22-16)17(18,19)20/h3-6,10-11H,7-9H2,1-2H3/t10-,11-/m0/s1. The maximum atomic E-state index is 13.1. The fourth-order valence-electron chi connectivity index (χ4n) is 2.78. The van der Waals surface area contributed by atoms with E-state index in [0.717, 1.165) is 17.8 Å². The van der Waals surface area contributed by atoms with Crippen molar-refractivity contribution in [2.24, 2.45) is 0 Å². The highest BCUT2D eigenvalue weighted by molar-refractivity contribution is 7.99. The summed E-state index contributed by atoms with van der Waals surface area (Å²) in [6.07, 6.45) is -3.45. The van der Waals surface area contributed by atoms with Gasteiger partial charge in [-0.3, -0.25) is 4.79 Å². The molecule has 0 aromatic carbocycles. The molecule has 1 aliphatic rings. The molecular weight excluding hydrogens is 383 g/mol. The topological polar surface area (TPSA) is 68.5 Å². The molecule has 2 aromatic heterocycles. The van der Waals surface area contributed by atoms with Crippen LogP contribution >= 0.6 is 11.8 Å². The van der Waals surface area contributed by atoms with Crippen molar-refractivity contribution in [3.05, 3.63) is 30.2 Å². The molecule has 0 unspecified atom stereocenters. The summed E-state index contributed by atoms with van der Waals surface area (Å²) in [4.78, 5) is 21.7. The summed E-state index contributed by atoms with van der Waals surface area (Å²) in [5, 5.41) is -0.126. The Labute approximate surface area is 158 Å². The van der Waals surface area contributed by atoms with E-state index in [9.17, 15) is 18.0 Å². The molecule has 1 amide bonds. The van der Waals surface area contributed by atoms with E-state index in [1.54, 1.807) is 11.0 Å². The van der Waals surface area contributed by atoms with Crippen molar-refractivity contribution in [1.29, 1.82) is 0 Å². The van der Waals surface area contributed by atoms with Gasteiger partial charge in [-0.05, 0) is 32.0 Å². The van der Waals surface area contributed by atoms with Gasteiger partial charge in [0, 0.05) is 13.1 Å². The lowest BCUT2D eigenvalue weighted by Gasteiger charge is -2.35. The Kier molecular flexibility index (Phi) is 5.75. The van der Waals surface area contributed by atoms with Crippen molar-refractivity contribution in [3.63, 3.8) is 0 Å². The van der Waals surface area contributed by atoms with Gasteiger partial charge in [-0.25, -0.2) is 9.97 Å². The normalized spacial score (nSPS) is 20.7. The van der Waals surface area contributed by atoms with E-state index in [1.165, 1.54) is 12.3 Å². The monoisotopic (exact) mass is 401 g/mol. The SMILES string of the molecule is C[C@H]1CN(C(=O)CSc2nc(-c3ccco3)cc(C(F)(F)F)n2)C[C@H](C)O1. The first-order valence-electron chi connectivity index (χ1n) is 8.28. The van der Waals surface area contributed by atoms with Gasteiger partial charge in [0.15, 0.2) is 10.9 Å². The predicted octanol–water partition coefficient (Wildman–Crippen LogP) is 3.48. The number of halogens is 3. The summed E-state index contributed by atoms with van der Waals surface area (Å²) in [6.45, 7) is 4.64. The van der Waals surface area contributed by atoms with Crippen molar-refractivity contribution < 1.29 is 27.1 Å². The number of nitrogens with zero attached hydrogens (tertiary/aromatic N) is 3. The van der Waals surface area contributed by atoms with Crippen LogP contribution < -0.4 is 0 Å². The number of carbonyl (C=O) groups is 1. The lowest BCUT2D eigenvalue weighted by Crippen LogP contribution is -2.48. The molecule has 0 aliphatic carbocycles. The molecule has 6 nitrogen and oxygen atoms in total. The van der Waals surface area contributed by atoms with Gasteiger partial charge in [-0.2, -0.15) is 13.2 Å². The molecular formula is C17H18F3N3O3S. The second-order valence-electron chi connectivity index (χ2n) is 6.24. The highest BCUT2D eigenvalue weighted by Gasteiger charge is 2.34. The van der Waals surface area contributed by atoms with E-state index >= 15 is 0 Å². The predicted molar refractivity (Wildman–Crippen MR) is 92.0 cm³/mol. The van der Waals surface area contributed by atoms with Crippen LogP contribution in [-0.2, 0) is 15.7 Å².